The van der Waals surface area contributed by atoms with E-state index in [1.165, 1.54) is 11.8 Å². The smallest absolute Gasteiger partial charge is 0.229 e. The molecule has 0 saturated carbocycles. The highest BCUT2D eigenvalue weighted by Gasteiger charge is 2.39. The Bertz CT molecular complexity index is 1050. The van der Waals surface area contributed by atoms with Crippen molar-refractivity contribution in [3.05, 3.63) is 68.1 Å². The molecule has 29 heavy (non-hydrogen) atoms. The number of allylic oxidation sites excluding steroid dienone is 1. The van der Waals surface area contributed by atoms with E-state index < -0.39 is 0 Å². The molecule has 2 aromatic rings. The molecular weight excluding hydrogens is 474 g/mol. The number of hydrogen-bond acceptors (Lipinski definition) is 5. The lowest BCUT2D eigenvalue weighted by molar-refractivity contribution is -0.129. The summed E-state index contributed by atoms with van der Waals surface area (Å²) in [6.45, 7) is 0.398. The van der Waals surface area contributed by atoms with Gasteiger partial charge < -0.3 is 9.64 Å². The number of nitriles is 1. The fraction of sp³-hybridized carbons (Fsp3) is 0.238. The number of benzene rings is 2. The Morgan fingerprint density at radius 2 is 2.14 bits per heavy atom. The lowest BCUT2D eigenvalue weighted by Crippen LogP contribution is -2.47. The summed E-state index contributed by atoms with van der Waals surface area (Å²) < 4.78 is 6.38. The number of amides is 1. The van der Waals surface area contributed by atoms with Crippen LogP contribution in [0.1, 0.15) is 17.9 Å². The zero-order valence-corrected chi connectivity index (χ0v) is 18.7. The lowest BCUT2D eigenvalue weighted by atomic mass is 9.86. The third-order valence-corrected chi connectivity index (χ3v) is 6.92. The molecule has 2 aliphatic heterocycles. The summed E-state index contributed by atoms with van der Waals surface area (Å²) in [7, 11) is 1.60. The maximum absolute atomic E-state index is 13.1. The zero-order chi connectivity index (χ0) is 20.5. The van der Waals surface area contributed by atoms with E-state index >= 15 is 0 Å². The highest BCUT2D eigenvalue weighted by atomic mass is 79.9. The van der Waals surface area contributed by atoms with Crippen LogP contribution in [-0.4, -0.2) is 30.5 Å². The third kappa shape index (κ3) is 3.85. The van der Waals surface area contributed by atoms with Crippen LogP contribution in [0.15, 0.2) is 57.5 Å². The number of methoxy groups -OCH3 is 1. The number of carbonyl (C=O) groups is 1. The van der Waals surface area contributed by atoms with Gasteiger partial charge in [-0.05, 0) is 36.4 Å². The molecule has 5 nitrogen and oxygen atoms in total. The summed E-state index contributed by atoms with van der Waals surface area (Å²) in [5, 5.41) is 11.3. The Morgan fingerprint density at radius 3 is 2.86 bits per heavy atom. The predicted molar refractivity (Wildman–Crippen MR) is 119 cm³/mol. The molecule has 4 rings (SSSR count). The van der Waals surface area contributed by atoms with Crippen LogP contribution in [0.5, 0.6) is 5.75 Å². The first kappa shape index (κ1) is 20.1. The van der Waals surface area contributed by atoms with Gasteiger partial charge in [0.1, 0.15) is 5.75 Å². The molecule has 0 N–H and O–H groups in total. The van der Waals surface area contributed by atoms with Gasteiger partial charge in [-0.2, -0.15) is 5.26 Å². The van der Waals surface area contributed by atoms with Crippen LogP contribution in [0.2, 0.25) is 5.02 Å². The molecular formula is C21H17BrClN3O2S. The first-order valence-electron chi connectivity index (χ1n) is 8.93. The fourth-order valence-corrected chi connectivity index (χ4v) is 5.37. The first-order valence-corrected chi connectivity index (χ1v) is 11.1. The van der Waals surface area contributed by atoms with E-state index in [1.807, 2.05) is 42.5 Å². The van der Waals surface area contributed by atoms with Crippen LogP contribution >= 0.6 is 39.3 Å². The van der Waals surface area contributed by atoms with Gasteiger partial charge in [-0.15, -0.1) is 0 Å². The molecule has 0 aromatic heterocycles. The summed E-state index contributed by atoms with van der Waals surface area (Å²) in [6.07, 6.45) is 0.225. The van der Waals surface area contributed by atoms with Crippen LogP contribution in [0.3, 0.4) is 0 Å². The Morgan fingerprint density at radius 1 is 1.31 bits per heavy atom. The Kier molecular flexibility index (Phi) is 5.77. The van der Waals surface area contributed by atoms with Gasteiger partial charge in [-0.25, -0.2) is 0 Å². The van der Waals surface area contributed by atoms with Crippen molar-refractivity contribution in [2.75, 3.05) is 24.6 Å². The van der Waals surface area contributed by atoms with Crippen molar-refractivity contribution in [3.8, 4) is 11.8 Å². The average Bonchev–Trinajstić information content (AvgIpc) is 2.73. The second-order valence-corrected chi connectivity index (χ2v) is 9.02. The normalized spacial score (nSPS) is 19.1. The van der Waals surface area contributed by atoms with Gasteiger partial charge in [0.15, 0.2) is 0 Å². The quantitative estimate of drug-likeness (QED) is 0.582. The van der Waals surface area contributed by atoms with Crippen LogP contribution in [0.25, 0.3) is 0 Å². The molecule has 2 aliphatic rings. The van der Waals surface area contributed by atoms with Crippen molar-refractivity contribution in [1.82, 2.24) is 4.90 Å². The minimum Gasteiger partial charge on any atom is -0.496 e. The van der Waals surface area contributed by atoms with Gasteiger partial charge in [0, 0.05) is 33.1 Å². The zero-order valence-electron chi connectivity index (χ0n) is 15.6. The molecule has 0 bridgehead atoms. The van der Waals surface area contributed by atoms with Gasteiger partial charge in [-0.1, -0.05) is 45.4 Å². The average molecular weight is 491 g/mol. The number of nitrogens with zero attached hydrogens (tertiary/aromatic N) is 3. The van der Waals surface area contributed by atoms with E-state index in [-0.39, 0.29) is 18.2 Å². The van der Waals surface area contributed by atoms with E-state index in [1.54, 1.807) is 12.0 Å². The van der Waals surface area contributed by atoms with E-state index in [4.69, 9.17) is 16.3 Å². The largest absolute Gasteiger partial charge is 0.496 e. The lowest BCUT2D eigenvalue weighted by Gasteiger charge is -2.42. The molecule has 0 spiro atoms. The number of rotatable bonds is 3. The number of thioether (sulfide) groups is 1. The van der Waals surface area contributed by atoms with E-state index in [2.05, 4.69) is 26.9 Å². The van der Waals surface area contributed by atoms with Crippen LogP contribution in [-0.2, 0) is 4.79 Å². The molecule has 1 fully saturated rings. The highest BCUT2D eigenvalue weighted by Crippen LogP contribution is 2.45. The fourth-order valence-electron chi connectivity index (χ4n) is 3.64. The predicted octanol–water partition coefficient (Wildman–Crippen LogP) is 5.33. The van der Waals surface area contributed by atoms with Crippen molar-refractivity contribution < 1.29 is 9.53 Å². The molecule has 0 radical (unpaired) electrons. The van der Waals surface area contributed by atoms with Crippen molar-refractivity contribution >= 4 is 50.9 Å². The summed E-state index contributed by atoms with van der Waals surface area (Å²) in [6, 6.07) is 15.6. The second kappa shape index (κ2) is 8.31. The summed E-state index contributed by atoms with van der Waals surface area (Å²) in [5.41, 5.74) is 2.40. The van der Waals surface area contributed by atoms with Crippen LogP contribution in [0, 0.1) is 11.3 Å². The molecule has 0 aliphatic carbocycles. The number of anilines is 1. The third-order valence-electron chi connectivity index (χ3n) is 5.03. The number of halogens is 2. The molecule has 1 saturated heterocycles. The molecule has 1 amide bonds. The van der Waals surface area contributed by atoms with E-state index in [0.717, 1.165) is 20.8 Å². The van der Waals surface area contributed by atoms with Crippen molar-refractivity contribution in [1.29, 1.82) is 5.26 Å². The minimum absolute atomic E-state index is 0.00902. The maximum atomic E-state index is 13.1. The number of hydrogen-bond donors (Lipinski definition) is 0. The molecule has 2 aromatic carbocycles. The number of carbonyl (C=O) groups excluding carboxylic acids is 1. The highest BCUT2D eigenvalue weighted by molar-refractivity contribution is 9.10. The Hall–Kier alpha value is -2.14. The SMILES string of the molecule is COc1ccc(Br)cc1[C@@H]1CC(=O)N2CN(c3cccc(Cl)c3)CSC2=C1C#N. The van der Waals surface area contributed by atoms with Crippen molar-refractivity contribution in [2.45, 2.75) is 12.3 Å². The second-order valence-electron chi connectivity index (χ2n) is 6.73. The molecule has 148 valence electrons. The Labute approximate surface area is 187 Å². The minimum atomic E-state index is -0.323. The number of fused-ring (bicyclic) bond motifs is 1. The van der Waals surface area contributed by atoms with Crippen LogP contribution < -0.4 is 9.64 Å². The van der Waals surface area contributed by atoms with Gasteiger partial charge in [0.05, 0.1) is 36.3 Å². The van der Waals surface area contributed by atoms with Gasteiger partial charge >= 0.3 is 0 Å². The molecule has 2 heterocycles. The van der Waals surface area contributed by atoms with E-state index in [0.29, 0.717) is 28.9 Å². The summed E-state index contributed by atoms with van der Waals surface area (Å²) >= 11 is 11.1. The summed E-state index contributed by atoms with van der Waals surface area (Å²) in [4.78, 5) is 16.8. The maximum Gasteiger partial charge on any atom is 0.229 e. The van der Waals surface area contributed by atoms with Gasteiger partial charge in [0.25, 0.3) is 0 Å². The topological polar surface area (TPSA) is 56.6 Å². The van der Waals surface area contributed by atoms with Gasteiger partial charge in [0.2, 0.25) is 5.91 Å². The molecule has 1 atom stereocenters. The standard InChI is InChI=1S/C21H17BrClN3O2S/c1-28-19-6-5-13(22)7-17(19)16-9-20(27)26-11-25(12-29-21(26)18(16)10-24)15-4-2-3-14(23)8-15/h2-8,16H,9,11-12H2,1H3/t16-/m0/s1. The van der Waals surface area contributed by atoms with Crippen molar-refractivity contribution in [2.24, 2.45) is 0 Å². The Balaban J connectivity index is 1.71. The number of ether oxygens (including phenoxy) is 1. The van der Waals surface area contributed by atoms with Crippen LogP contribution in [0.4, 0.5) is 5.69 Å². The molecule has 8 heteroatoms. The monoisotopic (exact) mass is 489 g/mol. The first-order chi connectivity index (χ1) is 14.0. The van der Waals surface area contributed by atoms with Crippen molar-refractivity contribution in [3.63, 3.8) is 0 Å². The van der Waals surface area contributed by atoms with E-state index in [9.17, 15) is 10.1 Å². The molecule has 0 unspecified atom stereocenters. The summed E-state index contributed by atoms with van der Waals surface area (Å²) in [5.74, 6) is 0.975. The van der Waals surface area contributed by atoms with Gasteiger partial charge in [-0.3, -0.25) is 9.69 Å².